The van der Waals surface area contributed by atoms with E-state index >= 15 is 0 Å². The predicted molar refractivity (Wildman–Crippen MR) is 110 cm³/mol. The fraction of sp³-hybridized carbons (Fsp3) is 0.263. The second-order valence-electron chi connectivity index (χ2n) is 6.27. The van der Waals surface area contributed by atoms with E-state index in [2.05, 4.69) is 4.98 Å². The van der Waals surface area contributed by atoms with Gasteiger partial charge >= 0.3 is 0 Å². The van der Waals surface area contributed by atoms with E-state index < -0.39 is 0 Å². The van der Waals surface area contributed by atoms with Crippen molar-refractivity contribution < 1.29 is 14.2 Å². The molecule has 1 saturated heterocycles. The van der Waals surface area contributed by atoms with Gasteiger partial charge in [-0.25, -0.2) is 4.98 Å². The molecule has 0 saturated carbocycles. The van der Waals surface area contributed by atoms with Crippen LogP contribution >= 0.6 is 23.2 Å². The maximum absolute atomic E-state index is 6.56. The smallest absolute Gasteiger partial charge is 0.141 e. The van der Waals surface area contributed by atoms with Crippen LogP contribution < -0.4 is 15.2 Å². The molecule has 1 fully saturated rings. The first kappa shape index (κ1) is 18.9. The lowest BCUT2D eigenvalue weighted by Gasteiger charge is -2.34. The van der Waals surface area contributed by atoms with Gasteiger partial charge in [-0.1, -0.05) is 29.0 Å². The summed E-state index contributed by atoms with van der Waals surface area (Å²) in [5.74, 6) is 1.79. The summed E-state index contributed by atoms with van der Waals surface area (Å²) in [6, 6.07) is 5.27. The van der Waals surface area contributed by atoms with Crippen LogP contribution in [0.5, 0.6) is 11.5 Å². The van der Waals surface area contributed by atoms with Gasteiger partial charge in [0, 0.05) is 29.3 Å². The van der Waals surface area contributed by atoms with Crippen molar-refractivity contribution in [1.82, 2.24) is 9.97 Å². The molecule has 0 unspecified atom stereocenters. The van der Waals surface area contributed by atoms with Crippen molar-refractivity contribution in [1.29, 1.82) is 0 Å². The second kappa shape index (κ2) is 7.50. The van der Waals surface area contributed by atoms with Crippen molar-refractivity contribution in [2.45, 2.75) is 6.04 Å². The molecule has 146 valence electrons. The summed E-state index contributed by atoms with van der Waals surface area (Å²) in [4.78, 5) is 8.90. The monoisotopic (exact) mass is 419 g/mol. The standard InChI is InChI=1S/C19H17Cl2N4O3/c1-26-13-5-14(27-2)18(21)16(17(13)20)12-3-9-6-23-15(22)4-11(9)19(25-12)24-10-7-28-8-10/h3-6,10H,7-8H2,1-2H3,(H2-,22,23,24,25)/q-1. The van der Waals surface area contributed by atoms with Crippen molar-refractivity contribution in [3.63, 3.8) is 0 Å². The van der Waals surface area contributed by atoms with Gasteiger partial charge in [0.15, 0.2) is 0 Å². The summed E-state index contributed by atoms with van der Waals surface area (Å²) in [6.45, 7) is 1.12. The van der Waals surface area contributed by atoms with Crippen molar-refractivity contribution >= 4 is 45.6 Å². The van der Waals surface area contributed by atoms with Gasteiger partial charge in [-0.2, -0.15) is 0 Å². The molecular weight excluding hydrogens is 403 g/mol. The number of nitrogen functional groups attached to an aromatic ring is 1. The van der Waals surface area contributed by atoms with E-state index in [1.54, 1.807) is 18.3 Å². The molecule has 7 nitrogen and oxygen atoms in total. The van der Waals surface area contributed by atoms with Crippen LogP contribution in [-0.2, 0) is 4.74 Å². The summed E-state index contributed by atoms with van der Waals surface area (Å²) in [5.41, 5.74) is 6.89. The molecule has 3 heterocycles. The Labute approximate surface area is 171 Å². The molecule has 0 aliphatic carbocycles. The summed E-state index contributed by atoms with van der Waals surface area (Å²) in [7, 11) is 3.05. The topological polar surface area (TPSA) is 93.6 Å². The minimum Gasteiger partial charge on any atom is -0.495 e. The predicted octanol–water partition coefficient (Wildman–Crippen LogP) is 4.61. The maximum atomic E-state index is 6.56. The van der Waals surface area contributed by atoms with E-state index in [0.717, 1.165) is 10.8 Å². The average Bonchev–Trinajstić information content (AvgIpc) is 2.65. The zero-order chi connectivity index (χ0) is 19.8. The average molecular weight is 420 g/mol. The first-order chi connectivity index (χ1) is 13.5. The summed E-state index contributed by atoms with van der Waals surface area (Å²) in [6.07, 6.45) is 1.67. The van der Waals surface area contributed by atoms with Gasteiger partial charge in [-0.15, -0.1) is 0 Å². The molecular formula is C19H17Cl2N4O3-. The number of pyridine rings is 2. The number of anilines is 1. The number of fused-ring (bicyclic) bond motifs is 1. The second-order valence-corrected chi connectivity index (χ2v) is 7.02. The number of methoxy groups -OCH3 is 2. The Balaban J connectivity index is 1.95. The van der Waals surface area contributed by atoms with Crippen LogP contribution in [0.1, 0.15) is 0 Å². The number of halogens is 2. The van der Waals surface area contributed by atoms with E-state index in [4.69, 9.17) is 53.4 Å². The highest BCUT2D eigenvalue weighted by Crippen LogP contribution is 2.47. The van der Waals surface area contributed by atoms with Crippen LogP contribution in [-0.4, -0.2) is 43.4 Å². The number of benzene rings is 1. The van der Waals surface area contributed by atoms with Crippen molar-refractivity contribution in [2.75, 3.05) is 33.2 Å². The Morgan fingerprint density at radius 3 is 2.36 bits per heavy atom. The Morgan fingerprint density at radius 2 is 1.79 bits per heavy atom. The Morgan fingerprint density at radius 1 is 1.11 bits per heavy atom. The summed E-state index contributed by atoms with van der Waals surface area (Å²) in [5, 5.41) is 6.97. The first-order valence-electron chi connectivity index (χ1n) is 8.47. The fourth-order valence-electron chi connectivity index (χ4n) is 2.95. The third kappa shape index (κ3) is 3.26. The molecule has 1 aliphatic rings. The lowest BCUT2D eigenvalue weighted by atomic mass is 10.1. The molecule has 9 heteroatoms. The van der Waals surface area contributed by atoms with Crippen molar-refractivity contribution in [2.24, 2.45) is 0 Å². The number of ether oxygens (including phenoxy) is 3. The Kier molecular flexibility index (Phi) is 5.05. The maximum Gasteiger partial charge on any atom is 0.141 e. The highest BCUT2D eigenvalue weighted by Gasteiger charge is 2.19. The molecule has 0 bridgehead atoms. The molecule has 28 heavy (non-hydrogen) atoms. The van der Waals surface area contributed by atoms with Crippen LogP contribution in [0.2, 0.25) is 10.0 Å². The van der Waals surface area contributed by atoms with Crippen LogP contribution in [0, 0.1) is 0 Å². The molecule has 3 aromatic rings. The highest BCUT2D eigenvalue weighted by molar-refractivity contribution is 6.41. The number of nitrogens with zero attached hydrogens (tertiary/aromatic N) is 3. The Bertz CT molecular complexity index is 1030. The van der Waals surface area contributed by atoms with Crippen molar-refractivity contribution in [3.05, 3.63) is 39.8 Å². The van der Waals surface area contributed by atoms with Crippen molar-refractivity contribution in [3.8, 4) is 22.8 Å². The number of aromatic nitrogens is 2. The molecule has 4 rings (SSSR count). The van der Waals surface area contributed by atoms with Gasteiger partial charge in [0.2, 0.25) is 0 Å². The lowest BCUT2D eigenvalue weighted by molar-refractivity contribution is 0.0259. The minimum absolute atomic E-state index is 0.0473. The van der Waals surface area contributed by atoms with E-state index in [-0.39, 0.29) is 6.04 Å². The number of nitrogens with two attached hydrogens (primary N) is 1. The minimum atomic E-state index is 0.0473. The van der Waals surface area contributed by atoms with Gasteiger partial charge < -0.3 is 30.2 Å². The lowest BCUT2D eigenvalue weighted by Crippen LogP contribution is -2.31. The van der Waals surface area contributed by atoms with E-state index in [9.17, 15) is 0 Å². The molecule has 0 spiro atoms. The zero-order valence-electron chi connectivity index (χ0n) is 15.2. The third-order valence-corrected chi connectivity index (χ3v) is 5.22. The molecule has 2 N–H and O–H groups in total. The van der Waals surface area contributed by atoms with Crippen LogP contribution in [0.3, 0.4) is 0 Å². The molecule has 0 radical (unpaired) electrons. The third-order valence-electron chi connectivity index (χ3n) is 4.47. The SMILES string of the molecule is COc1cc(OC)c(Cl)c(-c2cc3cnc(N)cc3c([N-]C3COC3)n2)c1Cl. The summed E-state index contributed by atoms with van der Waals surface area (Å²) >= 11 is 13.1. The van der Waals surface area contributed by atoms with Crippen LogP contribution in [0.4, 0.5) is 11.6 Å². The van der Waals surface area contributed by atoms with Crippen LogP contribution in [0.25, 0.3) is 27.3 Å². The molecule has 1 aliphatic heterocycles. The number of hydrogen-bond donors (Lipinski definition) is 1. The quantitative estimate of drug-likeness (QED) is 0.648. The molecule has 0 atom stereocenters. The number of rotatable bonds is 5. The molecule has 0 amide bonds. The van der Waals surface area contributed by atoms with Gasteiger partial charge in [-0.05, 0) is 23.2 Å². The normalized spacial score (nSPS) is 14.0. The zero-order valence-corrected chi connectivity index (χ0v) is 16.7. The largest absolute Gasteiger partial charge is 0.495 e. The summed E-state index contributed by atoms with van der Waals surface area (Å²) < 4.78 is 15.9. The first-order valence-corrected chi connectivity index (χ1v) is 9.22. The van der Waals surface area contributed by atoms with Crippen LogP contribution in [0.15, 0.2) is 24.4 Å². The highest BCUT2D eigenvalue weighted by atomic mass is 35.5. The fourth-order valence-corrected chi connectivity index (χ4v) is 3.65. The van der Waals surface area contributed by atoms with E-state index in [1.807, 2.05) is 6.07 Å². The van der Waals surface area contributed by atoms with Gasteiger partial charge in [0.25, 0.3) is 0 Å². The Hall–Kier alpha value is -2.48. The van der Waals surface area contributed by atoms with E-state index in [0.29, 0.717) is 57.7 Å². The van der Waals surface area contributed by atoms with Gasteiger partial charge in [0.05, 0.1) is 37.5 Å². The molecule has 1 aromatic carbocycles. The van der Waals surface area contributed by atoms with Gasteiger partial charge in [0.1, 0.15) is 17.3 Å². The van der Waals surface area contributed by atoms with E-state index in [1.165, 1.54) is 14.2 Å². The number of hydrogen-bond acceptors (Lipinski definition) is 6. The van der Waals surface area contributed by atoms with Gasteiger partial charge in [-0.3, -0.25) is 0 Å². The molecule has 2 aromatic heterocycles.